The third-order valence-corrected chi connectivity index (χ3v) is 6.05. The summed E-state index contributed by atoms with van der Waals surface area (Å²) in [5.74, 6) is 0. The molecule has 2 rings (SSSR count). The number of hydrogen-bond acceptors (Lipinski definition) is 4. The SMILES string of the molecule is CCn1c(Cl)c(C=O)s/c1=N/S(=O)(=O)c1ccc(Br)cc1. The normalized spacial score (nSPS) is 12.6. The number of aldehydes is 1. The van der Waals surface area contributed by atoms with Crippen LogP contribution in [-0.2, 0) is 16.6 Å². The van der Waals surface area contributed by atoms with Crippen LogP contribution in [0.2, 0.25) is 5.15 Å². The number of sulfonamides is 1. The molecule has 21 heavy (non-hydrogen) atoms. The predicted molar refractivity (Wildman–Crippen MR) is 85.3 cm³/mol. The fourth-order valence-electron chi connectivity index (χ4n) is 1.59. The Morgan fingerprint density at radius 1 is 1.38 bits per heavy atom. The first-order valence-corrected chi connectivity index (χ1v) is 9.22. The molecule has 0 unspecified atom stereocenters. The monoisotopic (exact) mass is 408 g/mol. The van der Waals surface area contributed by atoms with Crippen molar-refractivity contribution in [1.29, 1.82) is 0 Å². The minimum atomic E-state index is -3.86. The van der Waals surface area contributed by atoms with Gasteiger partial charge in [0.1, 0.15) is 10.0 Å². The van der Waals surface area contributed by atoms with E-state index in [1.807, 2.05) is 0 Å². The van der Waals surface area contributed by atoms with Gasteiger partial charge >= 0.3 is 0 Å². The van der Waals surface area contributed by atoms with E-state index in [1.54, 1.807) is 19.1 Å². The van der Waals surface area contributed by atoms with Crippen LogP contribution in [0, 0.1) is 0 Å². The molecule has 0 amide bonds. The molecule has 5 nitrogen and oxygen atoms in total. The zero-order chi connectivity index (χ0) is 15.6. The molecule has 2 aromatic rings. The summed E-state index contributed by atoms with van der Waals surface area (Å²) in [7, 11) is -3.86. The summed E-state index contributed by atoms with van der Waals surface area (Å²) in [6.45, 7) is 2.20. The maximum absolute atomic E-state index is 12.3. The Labute approximate surface area is 139 Å². The quantitative estimate of drug-likeness (QED) is 0.729. The fourth-order valence-corrected chi connectivity index (χ4v) is 4.37. The largest absolute Gasteiger partial charge is 0.307 e. The second-order valence-corrected chi connectivity index (χ2v) is 7.81. The minimum absolute atomic E-state index is 0.0746. The molecule has 0 radical (unpaired) electrons. The average molecular weight is 410 g/mol. The highest BCUT2D eigenvalue weighted by atomic mass is 79.9. The van der Waals surface area contributed by atoms with Crippen molar-refractivity contribution in [1.82, 2.24) is 4.57 Å². The van der Waals surface area contributed by atoms with E-state index in [-0.39, 0.29) is 19.7 Å². The summed E-state index contributed by atoms with van der Waals surface area (Å²) < 4.78 is 30.6. The van der Waals surface area contributed by atoms with E-state index in [9.17, 15) is 13.2 Å². The standard InChI is InChI=1S/C12H10BrClN2O3S2/c1-2-16-11(14)10(7-17)20-12(16)15-21(18,19)9-5-3-8(13)4-6-9/h3-7H,2H2,1H3/b15-12+. The third-order valence-electron chi connectivity index (χ3n) is 2.61. The first-order chi connectivity index (χ1) is 9.89. The highest BCUT2D eigenvalue weighted by Crippen LogP contribution is 2.19. The number of carbonyl (C=O) groups is 1. The van der Waals surface area contributed by atoms with Gasteiger partial charge in [0.15, 0.2) is 6.29 Å². The smallest absolute Gasteiger partial charge is 0.285 e. The highest BCUT2D eigenvalue weighted by molar-refractivity contribution is 9.10. The molecule has 0 N–H and O–H groups in total. The van der Waals surface area contributed by atoms with Gasteiger partial charge in [0.25, 0.3) is 10.0 Å². The first kappa shape index (κ1) is 16.4. The first-order valence-electron chi connectivity index (χ1n) is 5.80. The number of hydrogen-bond donors (Lipinski definition) is 0. The molecule has 0 bridgehead atoms. The van der Waals surface area contributed by atoms with E-state index in [0.717, 1.165) is 15.8 Å². The van der Waals surface area contributed by atoms with Crippen molar-refractivity contribution >= 4 is 55.2 Å². The van der Waals surface area contributed by atoms with Gasteiger partial charge in [-0.1, -0.05) is 38.9 Å². The van der Waals surface area contributed by atoms with Crippen molar-refractivity contribution in [2.45, 2.75) is 18.4 Å². The van der Waals surface area contributed by atoms with Gasteiger partial charge in [-0.3, -0.25) is 4.79 Å². The lowest BCUT2D eigenvalue weighted by Crippen LogP contribution is -2.16. The van der Waals surface area contributed by atoms with E-state index in [0.29, 0.717) is 12.8 Å². The van der Waals surface area contributed by atoms with Crippen LogP contribution in [0.4, 0.5) is 0 Å². The Morgan fingerprint density at radius 2 is 2.00 bits per heavy atom. The van der Waals surface area contributed by atoms with Crippen LogP contribution in [0.3, 0.4) is 0 Å². The zero-order valence-corrected chi connectivity index (χ0v) is 14.8. The molecule has 0 spiro atoms. The van der Waals surface area contributed by atoms with Gasteiger partial charge in [0.2, 0.25) is 4.80 Å². The van der Waals surface area contributed by atoms with Crippen LogP contribution in [0.25, 0.3) is 0 Å². The lowest BCUT2D eigenvalue weighted by molar-refractivity contribution is 0.112. The van der Waals surface area contributed by atoms with Crippen LogP contribution >= 0.6 is 38.9 Å². The molecule has 0 atom stereocenters. The van der Waals surface area contributed by atoms with Crippen LogP contribution in [0.15, 0.2) is 38.0 Å². The van der Waals surface area contributed by atoms with Crippen molar-refractivity contribution in [3.63, 3.8) is 0 Å². The maximum atomic E-state index is 12.3. The number of halogens is 2. The molecule has 1 heterocycles. The second kappa shape index (κ2) is 6.43. The van der Waals surface area contributed by atoms with Gasteiger partial charge < -0.3 is 4.57 Å². The number of nitrogens with zero attached hydrogens (tertiary/aromatic N) is 2. The van der Waals surface area contributed by atoms with Gasteiger partial charge in [-0.15, -0.1) is 4.40 Å². The van der Waals surface area contributed by atoms with Crippen LogP contribution in [0.1, 0.15) is 16.6 Å². The van der Waals surface area contributed by atoms with Crippen molar-refractivity contribution < 1.29 is 13.2 Å². The van der Waals surface area contributed by atoms with Crippen molar-refractivity contribution in [2.24, 2.45) is 4.40 Å². The summed E-state index contributed by atoms with van der Waals surface area (Å²) in [4.78, 5) is 11.4. The molecule has 0 aliphatic carbocycles. The molecule has 1 aromatic carbocycles. The van der Waals surface area contributed by atoms with Gasteiger partial charge in [-0.25, -0.2) is 0 Å². The Hall–Kier alpha value is -0.960. The third kappa shape index (κ3) is 3.45. The summed E-state index contributed by atoms with van der Waals surface area (Å²) in [6, 6.07) is 6.15. The lowest BCUT2D eigenvalue weighted by Gasteiger charge is -2.00. The zero-order valence-electron chi connectivity index (χ0n) is 10.8. The van der Waals surface area contributed by atoms with Gasteiger partial charge in [-0.05, 0) is 31.2 Å². The van der Waals surface area contributed by atoms with Crippen LogP contribution in [0.5, 0.6) is 0 Å². The van der Waals surface area contributed by atoms with Gasteiger partial charge in [0, 0.05) is 11.0 Å². The van der Waals surface area contributed by atoms with E-state index in [2.05, 4.69) is 20.3 Å². The Balaban J connectivity index is 2.62. The molecular weight excluding hydrogens is 400 g/mol. The number of carbonyl (C=O) groups excluding carboxylic acids is 1. The van der Waals surface area contributed by atoms with E-state index in [4.69, 9.17) is 11.6 Å². The molecule has 112 valence electrons. The molecule has 0 aliphatic rings. The number of thiazole rings is 1. The van der Waals surface area contributed by atoms with E-state index < -0.39 is 10.0 Å². The highest BCUT2D eigenvalue weighted by Gasteiger charge is 2.16. The molecule has 0 saturated heterocycles. The maximum Gasteiger partial charge on any atom is 0.285 e. The number of rotatable bonds is 4. The predicted octanol–water partition coefficient (Wildman–Crippen LogP) is 3.09. The van der Waals surface area contributed by atoms with Crippen LogP contribution in [-0.4, -0.2) is 19.3 Å². The molecular formula is C12H10BrClN2O3S2. The summed E-state index contributed by atoms with van der Waals surface area (Å²) >= 11 is 10.2. The Bertz CT molecular complexity index is 838. The second-order valence-electron chi connectivity index (χ2n) is 3.92. The fraction of sp³-hybridized carbons (Fsp3) is 0.167. The Kier molecular flexibility index (Phi) is 5.03. The van der Waals surface area contributed by atoms with E-state index in [1.165, 1.54) is 16.7 Å². The minimum Gasteiger partial charge on any atom is -0.307 e. The average Bonchev–Trinajstić information content (AvgIpc) is 2.74. The topological polar surface area (TPSA) is 68.5 Å². The van der Waals surface area contributed by atoms with Crippen LogP contribution < -0.4 is 4.80 Å². The summed E-state index contributed by atoms with van der Waals surface area (Å²) in [5, 5.41) is 0.197. The van der Waals surface area contributed by atoms with E-state index >= 15 is 0 Å². The molecule has 0 aliphatic heterocycles. The molecule has 9 heteroatoms. The Morgan fingerprint density at radius 3 is 2.52 bits per heavy atom. The molecule has 0 saturated carbocycles. The molecule has 1 aromatic heterocycles. The number of aromatic nitrogens is 1. The van der Waals surface area contributed by atoms with Crippen molar-refractivity contribution in [2.75, 3.05) is 0 Å². The lowest BCUT2D eigenvalue weighted by atomic mass is 10.4. The van der Waals surface area contributed by atoms with Crippen molar-refractivity contribution in [3.8, 4) is 0 Å². The number of benzene rings is 1. The van der Waals surface area contributed by atoms with Crippen molar-refractivity contribution in [3.05, 3.63) is 43.6 Å². The summed E-state index contributed by atoms with van der Waals surface area (Å²) in [6.07, 6.45) is 0.588. The van der Waals surface area contributed by atoms with Gasteiger partial charge in [0.05, 0.1) is 4.90 Å². The summed E-state index contributed by atoms with van der Waals surface area (Å²) in [5.41, 5.74) is 0. The van der Waals surface area contributed by atoms with Gasteiger partial charge in [-0.2, -0.15) is 8.42 Å². The molecule has 0 fully saturated rings.